The molecular formula is C18H15Cl2NO3. The molecule has 0 spiro atoms. The SMILES string of the molecule is COC(=O)c1cccc(NC(=O)/C=C/c2ccc(Cl)cc2Cl)c1C. The summed E-state index contributed by atoms with van der Waals surface area (Å²) < 4.78 is 4.71. The molecule has 0 bridgehead atoms. The third kappa shape index (κ3) is 4.37. The van der Waals surface area contributed by atoms with Crippen LogP contribution in [-0.4, -0.2) is 19.0 Å². The second-order valence-electron chi connectivity index (χ2n) is 4.96. The van der Waals surface area contributed by atoms with Gasteiger partial charge in [-0.1, -0.05) is 35.3 Å². The molecule has 1 N–H and O–H groups in total. The van der Waals surface area contributed by atoms with E-state index in [0.717, 1.165) is 0 Å². The maximum absolute atomic E-state index is 12.1. The smallest absolute Gasteiger partial charge is 0.338 e. The van der Waals surface area contributed by atoms with Gasteiger partial charge in [0.05, 0.1) is 12.7 Å². The number of hydrogen-bond donors (Lipinski definition) is 1. The van der Waals surface area contributed by atoms with Gasteiger partial charge in [0.2, 0.25) is 5.91 Å². The number of methoxy groups -OCH3 is 1. The zero-order valence-corrected chi connectivity index (χ0v) is 14.6. The predicted octanol–water partition coefficient (Wildman–Crippen LogP) is 4.74. The van der Waals surface area contributed by atoms with E-state index in [0.29, 0.717) is 32.4 Å². The third-order valence-corrected chi connectivity index (χ3v) is 3.94. The molecule has 0 heterocycles. The molecule has 124 valence electrons. The number of carbonyl (C=O) groups excluding carboxylic acids is 2. The molecule has 0 aliphatic rings. The fourth-order valence-corrected chi connectivity index (χ4v) is 2.55. The van der Waals surface area contributed by atoms with Crippen molar-refractivity contribution in [2.24, 2.45) is 0 Å². The fourth-order valence-electron chi connectivity index (χ4n) is 2.08. The van der Waals surface area contributed by atoms with Gasteiger partial charge in [0, 0.05) is 21.8 Å². The van der Waals surface area contributed by atoms with Gasteiger partial charge in [0.25, 0.3) is 0 Å². The minimum absolute atomic E-state index is 0.342. The number of hydrogen-bond acceptors (Lipinski definition) is 3. The normalized spacial score (nSPS) is 10.7. The Labute approximate surface area is 150 Å². The lowest BCUT2D eigenvalue weighted by Crippen LogP contribution is -2.11. The Morgan fingerprint density at radius 1 is 1.17 bits per heavy atom. The van der Waals surface area contributed by atoms with Crippen LogP contribution in [0.2, 0.25) is 10.0 Å². The monoisotopic (exact) mass is 363 g/mol. The molecule has 2 rings (SSSR count). The van der Waals surface area contributed by atoms with Crippen molar-refractivity contribution >= 4 is 46.8 Å². The summed E-state index contributed by atoms with van der Waals surface area (Å²) in [6, 6.07) is 10.0. The van der Waals surface area contributed by atoms with Crippen LogP contribution in [0.3, 0.4) is 0 Å². The van der Waals surface area contributed by atoms with E-state index in [-0.39, 0.29) is 5.91 Å². The number of nitrogens with one attached hydrogen (secondary N) is 1. The number of ether oxygens (including phenoxy) is 1. The Hall–Kier alpha value is -2.30. The molecule has 0 unspecified atom stereocenters. The first kappa shape index (κ1) is 18.0. The lowest BCUT2D eigenvalue weighted by Gasteiger charge is -2.10. The number of benzene rings is 2. The molecule has 0 aliphatic heterocycles. The molecule has 2 aromatic rings. The van der Waals surface area contributed by atoms with Crippen molar-refractivity contribution in [1.29, 1.82) is 0 Å². The molecule has 6 heteroatoms. The highest BCUT2D eigenvalue weighted by atomic mass is 35.5. The molecule has 24 heavy (non-hydrogen) atoms. The van der Waals surface area contributed by atoms with E-state index in [1.165, 1.54) is 13.2 Å². The summed E-state index contributed by atoms with van der Waals surface area (Å²) >= 11 is 11.9. The van der Waals surface area contributed by atoms with Crippen molar-refractivity contribution in [2.45, 2.75) is 6.92 Å². The lowest BCUT2D eigenvalue weighted by atomic mass is 10.1. The van der Waals surface area contributed by atoms with Gasteiger partial charge in [-0.3, -0.25) is 4.79 Å². The maximum Gasteiger partial charge on any atom is 0.338 e. The van der Waals surface area contributed by atoms with Crippen LogP contribution in [0.4, 0.5) is 5.69 Å². The lowest BCUT2D eigenvalue weighted by molar-refractivity contribution is -0.111. The van der Waals surface area contributed by atoms with Crippen LogP contribution in [-0.2, 0) is 9.53 Å². The van der Waals surface area contributed by atoms with E-state index in [4.69, 9.17) is 27.9 Å². The maximum atomic E-state index is 12.1. The van der Waals surface area contributed by atoms with Crippen molar-refractivity contribution < 1.29 is 14.3 Å². The zero-order valence-electron chi connectivity index (χ0n) is 13.1. The Balaban J connectivity index is 2.15. The summed E-state index contributed by atoms with van der Waals surface area (Å²) in [5.41, 5.74) is 2.25. The second-order valence-corrected chi connectivity index (χ2v) is 5.80. The number of halogens is 2. The first-order valence-corrected chi connectivity index (χ1v) is 7.80. The average molecular weight is 364 g/mol. The first-order valence-electron chi connectivity index (χ1n) is 7.04. The van der Waals surface area contributed by atoms with Crippen molar-refractivity contribution in [2.75, 3.05) is 12.4 Å². The highest BCUT2D eigenvalue weighted by molar-refractivity contribution is 6.35. The highest BCUT2D eigenvalue weighted by Crippen LogP contribution is 2.22. The molecule has 0 saturated carbocycles. The van der Waals surface area contributed by atoms with Crippen LogP contribution in [0, 0.1) is 6.92 Å². The zero-order chi connectivity index (χ0) is 17.7. The molecule has 0 saturated heterocycles. The summed E-state index contributed by atoms with van der Waals surface area (Å²) in [6.07, 6.45) is 2.95. The minimum Gasteiger partial charge on any atom is -0.465 e. The summed E-state index contributed by atoms with van der Waals surface area (Å²) in [5, 5.41) is 3.71. The molecule has 0 aromatic heterocycles. The van der Waals surface area contributed by atoms with Gasteiger partial charge in [0.15, 0.2) is 0 Å². The Kier molecular flexibility index (Phi) is 6.01. The van der Waals surface area contributed by atoms with Crippen LogP contribution >= 0.6 is 23.2 Å². The van der Waals surface area contributed by atoms with E-state index in [1.807, 2.05) is 0 Å². The standard InChI is InChI=1S/C18H15Cl2NO3/c1-11-14(18(23)24-2)4-3-5-16(11)21-17(22)9-7-12-6-8-13(19)10-15(12)20/h3-10H,1-2H3,(H,21,22)/b9-7+. The van der Waals surface area contributed by atoms with E-state index in [1.54, 1.807) is 49.4 Å². The van der Waals surface area contributed by atoms with E-state index >= 15 is 0 Å². The second kappa shape index (κ2) is 7.99. The van der Waals surface area contributed by atoms with Gasteiger partial charge < -0.3 is 10.1 Å². The van der Waals surface area contributed by atoms with Crippen molar-refractivity contribution in [3.8, 4) is 0 Å². The summed E-state index contributed by atoms with van der Waals surface area (Å²) in [6.45, 7) is 1.74. The molecule has 4 nitrogen and oxygen atoms in total. The van der Waals surface area contributed by atoms with Crippen molar-refractivity contribution in [3.05, 3.63) is 69.2 Å². The van der Waals surface area contributed by atoms with Gasteiger partial charge >= 0.3 is 5.97 Å². The molecule has 0 fully saturated rings. The van der Waals surface area contributed by atoms with Crippen LogP contribution in [0.5, 0.6) is 0 Å². The molecule has 2 aromatic carbocycles. The van der Waals surface area contributed by atoms with Gasteiger partial charge in [-0.2, -0.15) is 0 Å². The molecule has 0 aliphatic carbocycles. The van der Waals surface area contributed by atoms with Gasteiger partial charge in [-0.05, 0) is 48.4 Å². The van der Waals surface area contributed by atoms with E-state index < -0.39 is 5.97 Å². The highest BCUT2D eigenvalue weighted by Gasteiger charge is 2.12. The van der Waals surface area contributed by atoms with Crippen molar-refractivity contribution in [3.63, 3.8) is 0 Å². The minimum atomic E-state index is -0.452. The Morgan fingerprint density at radius 2 is 1.92 bits per heavy atom. The van der Waals surface area contributed by atoms with E-state index in [2.05, 4.69) is 5.32 Å². The number of rotatable bonds is 4. The van der Waals surface area contributed by atoms with Crippen LogP contribution in [0.25, 0.3) is 6.08 Å². The topological polar surface area (TPSA) is 55.4 Å². The number of anilines is 1. The largest absolute Gasteiger partial charge is 0.465 e. The molecule has 0 atom stereocenters. The van der Waals surface area contributed by atoms with Gasteiger partial charge in [-0.15, -0.1) is 0 Å². The third-order valence-electron chi connectivity index (χ3n) is 3.37. The molecular weight excluding hydrogens is 349 g/mol. The van der Waals surface area contributed by atoms with Gasteiger partial charge in [0.1, 0.15) is 0 Å². The fraction of sp³-hybridized carbons (Fsp3) is 0.111. The summed E-state index contributed by atoms with van der Waals surface area (Å²) in [5.74, 6) is -0.793. The van der Waals surface area contributed by atoms with Crippen LogP contribution in [0.1, 0.15) is 21.5 Å². The quantitative estimate of drug-likeness (QED) is 0.630. The summed E-state index contributed by atoms with van der Waals surface area (Å²) in [7, 11) is 1.31. The first-order chi connectivity index (χ1) is 11.4. The average Bonchev–Trinajstić information content (AvgIpc) is 2.55. The van der Waals surface area contributed by atoms with E-state index in [9.17, 15) is 9.59 Å². The summed E-state index contributed by atoms with van der Waals surface area (Å²) in [4.78, 5) is 23.8. The number of carbonyl (C=O) groups is 2. The van der Waals surface area contributed by atoms with Gasteiger partial charge in [-0.25, -0.2) is 4.79 Å². The Bertz CT molecular complexity index is 816. The predicted molar refractivity (Wildman–Crippen MR) is 96.6 cm³/mol. The Morgan fingerprint density at radius 3 is 2.58 bits per heavy atom. The number of amides is 1. The van der Waals surface area contributed by atoms with Crippen molar-refractivity contribution in [1.82, 2.24) is 0 Å². The van der Waals surface area contributed by atoms with Crippen LogP contribution in [0.15, 0.2) is 42.5 Å². The molecule has 0 radical (unpaired) electrons. The molecule has 1 amide bonds. The van der Waals surface area contributed by atoms with Crippen LogP contribution < -0.4 is 5.32 Å². The number of esters is 1.